The molecule has 12 heteroatoms. The van der Waals surface area contributed by atoms with Crippen LogP contribution in [0, 0.1) is 10.1 Å². The molecule has 0 unspecified atom stereocenters. The zero-order chi connectivity index (χ0) is 20.4. The lowest BCUT2D eigenvalue weighted by Crippen LogP contribution is -2.43. The fourth-order valence-corrected chi connectivity index (χ4v) is 3.92. The largest absolute Gasteiger partial charge is 0.451 e. The number of hydrogen-bond donors (Lipinski definition) is 1. The van der Waals surface area contributed by atoms with Gasteiger partial charge in [0.05, 0.1) is 21.9 Å². The van der Waals surface area contributed by atoms with Gasteiger partial charge in [-0.05, 0) is 25.8 Å². The van der Waals surface area contributed by atoms with E-state index in [1.54, 1.807) is 0 Å². The van der Waals surface area contributed by atoms with Crippen molar-refractivity contribution >= 4 is 44.9 Å². The highest BCUT2D eigenvalue weighted by molar-refractivity contribution is 7.88. The minimum absolute atomic E-state index is 0.00241. The number of carbonyl (C=O) groups excluding carboxylic acids is 2. The molecule has 1 aromatic rings. The Morgan fingerprint density at radius 3 is 2.70 bits per heavy atom. The predicted octanol–water partition coefficient (Wildman–Crippen LogP) is 1.54. The maximum Gasteiger partial charge on any atom is 0.325 e. The number of carbonyl (C=O) groups is 2. The van der Waals surface area contributed by atoms with Crippen LogP contribution in [0.3, 0.4) is 0 Å². The van der Waals surface area contributed by atoms with Gasteiger partial charge in [0.25, 0.3) is 11.6 Å². The van der Waals surface area contributed by atoms with E-state index in [0.717, 1.165) is 16.6 Å². The molecule has 27 heavy (non-hydrogen) atoms. The molecular formula is C15H18ClN3O7S. The highest BCUT2D eigenvalue weighted by Crippen LogP contribution is 2.27. The zero-order valence-electron chi connectivity index (χ0n) is 14.5. The fraction of sp³-hybridized carbons (Fsp3) is 0.467. The summed E-state index contributed by atoms with van der Waals surface area (Å²) >= 11 is 5.91. The highest BCUT2D eigenvalue weighted by Gasteiger charge is 2.38. The summed E-state index contributed by atoms with van der Waals surface area (Å²) < 4.78 is 29.5. The molecule has 1 N–H and O–H groups in total. The van der Waals surface area contributed by atoms with Gasteiger partial charge in [-0.1, -0.05) is 11.6 Å². The van der Waals surface area contributed by atoms with Crippen LogP contribution < -0.4 is 5.32 Å². The van der Waals surface area contributed by atoms with E-state index >= 15 is 0 Å². The van der Waals surface area contributed by atoms with Crippen molar-refractivity contribution in [1.82, 2.24) is 4.31 Å². The summed E-state index contributed by atoms with van der Waals surface area (Å²) in [5, 5.41) is 13.2. The van der Waals surface area contributed by atoms with Crippen LogP contribution in [0.4, 0.5) is 11.4 Å². The summed E-state index contributed by atoms with van der Waals surface area (Å²) in [5.74, 6) is -1.58. The van der Waals surface area contributed by atoms with Gasteiger partial charge >= 0.3 is 5.97 Å². The Balaban J connectivity index is 2.05. The van der Waals surface area contributed by atoms with Crippen molar-refractivity contribution in [3.63, 3.8) is 0 Å². The third-order valence-corrected chi connectivity index (χ3v) is 5.60. The predicted molar refractivity (Wildman–Crippen MR) is 96.9 cm³/mol. The van der Waals surface area contributed by atoms with Crippen molar-refractivity contribution in [3.05, 3.63) is 33.3 Å². The summed E-state index contributed by atoms with van der Waals surface area (Å²) in [5.41, 5.74) is -0.272. The SMILES string of the molecule is C[C@H](OC(=O)[C@@H]1CCCN1S(C)(=O)=O)C(=O)Nc1cc([N+](=O)[O-])ccc1Cl. The van der Waals surface area contributed by atoms with Crippen LogP contribution in [0.2, 0.25) is 5.02 Å². The molecule has 1 aromatic carbocycles. The first-order valence-electron chi connectivity index (χ1n) is 7.93. The van der Waals surface area contributed by atoms with E-state index < -0.39 is 39.0 Å². The molecule has 10 nitrogen and oxygen atoms in total. The molecule has 1 saturated heterocycles. The number of nitro groups is 1. The average Bonchev–Trinajstić information content (AvgIpc) is 3.06. The molecule has 2 atom stereocenters. The van der Waals surface area contributed by atoms with Gasteiger partial charge in [0.2, 0.25) is 10.0 Å². The molecule has 0 saturated carbocycles. The van der Waals surface area contributed by atoms with Crippen LogP contribution >= 0.6 is 11.6 Å². The van der Waals surface area contributed by atoms with Crippen LogP contribution in [0.25, 0.3) is 0 Å². The molecule has 1 aliphatic heterocycles. The molecule has 1 aliphatic rings. The number of esters is 1. The van der Waals surface area contributed by atoms with Crippen molar-refractivity contribution in [2.75, 3.05) is 18.1 Å². The van der Waals surface area contributed by atoms with Crippen molar-refractivity contribution in [1.29, 1.82) is 0 Å². The van der Waals surface area contributed by atoms with Crippen molar-refractivity contribution in [2.45, 2.75) is 31.9 Å². The molecule has 148 valence electrons. The van der Waals surface area contributed by atoms with Crippen molar-refractivity contribution in [3.8, 4) is 0 Å². The summed E-state index contributed by atoms with van der Waals surface area (Å²) in [4.78, 5) is 34.7. The number of benzene rings is 1. The Hall–Kier alpha value is -2.24. The second-order valence-electron chi connectivity index (χ2n) is 6.02. The number of nitrogens with one attached hydrogen (secondary N) is 1. The maximum absolute atomic E-state index is 12.3. The van der Waals surface area contributed by atoms with Gasteiger partial charge in [-0.15, -0.1) is 0 Å². The molecule has 1 amide bonds. The highest BCUT2D eigenvalue weighted by atomic mass is 35.5. The Kier molecular flexibility index (Phi) is 6.39. The first-order chi connectivity index (χ1) is 12.5. The van der Waals surface area contributed by atoms with Gasteiger partial charge in [-0.25, -0.2) is 8.42 Å². The first kappa shape index (κ1) is 21.1. The Morgan fingerprint density at radius 2 is 2.11 bits per heavy atom. The third-order valence-electron chi connectivity index (χ3n) is 3.98. The van der Waals surface area contributed by atoms with E-state index in [1.807, 2.05) is 0 Å². The van der Waals surface area contributed by atoms with Gasteiger partial charge in [0.1, 0.15) is 6.04 Å². The summed E-state index contributed by atoms with van der Waals surface area (Å²) in [6, 6.07) is 2.55. The van der Waals surface area contributed by atoms with Crippen LogP contribution in [0.15, 0.2) is 18.2 Å². The number of hydrogen-bond acceptors (Lipinski definition) is 7. The van der Waals surface area contributed by atoms with E-state index in [2.05, 4.69) is 5.32 Å². The van der Waals surface area contributed by atoms with E-state index in [1.165, 1.54) is 19.1 Å². The van der Waals surface area contributed by atoms with Gasteiger partial charge in [-0.2, -0.15) is 4.31 Å². The molecule has 1 heterocycles. The Morgan fingerprint density at radius 1 is 1.44 bits per heavy atom. The van der Waals surface area contributed by atoms with Crippen LogP contribution in [-0.2, 0) is 24.3 Å². The quantitative estimate of drug-likeness (QED) is 0.419. The third kappa shape index (κ3) is 5.15. The monoisotopic (exact) mass is 419 g/mol. The number of amides is 1. The van der Waals surface area contributed by atoms with Gasteiger partial charge < -0.3 is 10.1 Å². The van der Waals surface area contributed by atoms with Gasteiger partial charge in [0, 0.05) is 18.7 Å². The zero-order valence-corrected chi connectivity index (χ0v) is 16.1. The summed E-state index contributed by atoms with van der Waals surface area (Å²) in [7, 11) is -3.57. The lowest BCUT2D eigenvalue weighted by atomic mass is 10.2. The molecule has 0 aromatic heterocycles. The topological polar surface area (TPSA) is 136 Å². The standard InChI is InChI=1S/C15H18ClN3O7S/c1-9(26-15(21)13-4-3-7-18(13)27(2,24)25)14(20)17-12-8-10(19(22)23)5-6-11(12)16/h5-6,8-9,13H,3-4,7H2,1-2H3,(H,17,20)/t9-,13-/m0/s1. The second-order valence-corrected chi connectivity index (χ2v) is 8.36. The Labute approximate surface area is 160 Å². The number of anilines is 1. The molecule has 0 bridgehead atoms. The molecule has 2 rings (SSSR count). The number of sulfonamides is 1. The lowest BCUT2D eigenvalue weighted by Gasteiger charge is -2.22. The van der Waals surface area contributed by atoms with E-state index in [-0.39, 0.29) is 22.9 Å². The minimum atomic E-state index is -3.57. The summed E-state index contributed by atoms with van der Waals surface area (Å²) in [6.07, 6.45) is 0.557. The number of nitro benzene ring substituents is 1. The molecule has 0 aliphatic carbocycles. The van der Waals surface area contributed by atoms with Crippen molar-refractivity contribution in [2.24, 2.45) is 0 Å². The number of ether oxygens (including phenoxy) is 1. The van der Waals surface area contributed by atoms with E-state index in [4.69, 9.17) is 16.3 Å². The minimum Gasteiger partial charge on any atom is -0.451 e. The molecule has 0 radical (unpaired) electrons. The van der Waals surface area contributed by atoms with Crippen LogP contribution in [0.5, 0.6) is 0 Å². The normalized spacial score (nSPS) is 18.7. The van der Waals surface area contributed by atoms with Crippen molar-refractivity contribution < 1.29 is 27.7 Å². The summed E-state index contributed by atoms with van der Waals surface area (Å²) in [6.45, 7) is 1.51. The molecular weight excluding hydrogens is 402 g/mol. The van der Waals surface area contributed by atoms with E-state index in [0.29, 0.717) is 12.8 Å². The lowest BCUT2D eigenvalue weighted by molar-refractivity contribution is -0.384. The number of rotatable bonds is 6. The average molecular weight is 420 g/mol. The smallest absolute Gasteiger partial charge is 0.325 e. The molecule has 1 fully saturated rings. The van der Waals surface area contributed by atoms with Crippen LogP contribution in [0.1, 0.15) is 19.8 Å². The Bertz CT molecular complexity index is 874. The fourth-order valence-electron chi connectivity index (χ4n) is 2.64. The maximum atomic E-state index is 12.3. The number of non-ortho nitro benzene ring substituents is 1. The number of nitrogens with zero attached hydrogens (tertiary/aromatic N) is 2. The molecule has 0 spiro atoms. The van der Waals surface area contributed by atoms with E-state index in [9.17, 15) is 28.1 Å². The van der Waals surface area contributed by atoms with Crippen LogP contribution in [-0.4, -0.2) is 54.5 Å². The van der Waals surface area contributed by atoms with Gasteiger partial charge in [0.15, 0.2) is 6.10 Å². The van der Waals surface area contributed by atoms with Gasteiger partial charge in [-0.3, -0.25) is 19.7 Å². The number of halogens is 1. The second kappa shape index (κ2) is 8.19. The first-order valence-corrected chi connectivity index (χ1v) is 10.2.